The van der Waals surface area contributed by atoms with Gasteiger partial charge in [0, 0.05) is 12.5 Å². The van der Waals surface area contributed by atoms with Gasteiger partial charge in [-0.2, -0.15) is 0 Å². The van der Waals surface area contributed by atoms with E-state index in [1.165, 1.54) is 0 Å². The maximum atomic E-state index is 10.8. The van der Waals surface area contributed by atoms with E-state index < -0.39 is 5.91 Å². The highest BCUT2D eigenvalue weighted by molar-refractivity contribution is 5.90. The SMILES string of the molecule is CCCOc1c(C)cccc1NC=O.NC(=O)c1cc(Cc2ccccc2)on1. The van der Waals surface area contributed by atoms with Crippen LogP contribution in [-0.2, 0) is 11.2 Å². The van der Waals surface area contributed by atoms with Gasteiger partial charge in [0.15, 0.2) is 5.69 Å². The molecule has 0 saturated carbocycles. The van der Waals surface area contributed by atoms with Crippen molar-refractivity contribution in [2.75, 3.05) is 11.9 Å². The fourth-order valence-corrected chi connectivity index (χ4v) is 2.53. The number of carbonyl (C=O) groups excluding carboxylic acids is 2. The summed E-state index contributed by atoms with van der Waals surface area (Å²) in [6.07, 6.45) is 2.23. The number of hydrogen-bond acceptors (Lipinski definition) is 5. The highest BCUT2D eigenvalue weighted by Gasteiger charge is 2.09. The fourth-order valence-electron chi connectivity index (χ4n) is 2.53. The highest BCUT2D eigenvalue weighted by atomic mass is 16.5. The van der Waals surface area contributed by atoms with Crippen molar-refractivity contribution in [1.29, 1.82) is 0 Å². The molecule has 7 nitrogen and oxygen atoms in total. The number of benzene rings is 2. The third-order valence-electron chi connectivity index (χ3n) is 3.91. The molecular formula is C22H25N3O4. The second kappa shape index (κ2) is 11.3. The van der Waals surface area contributed by atoms with Gasteiger partial charge in [0.2, 0.25) is 6.41 Å². The number of aryl methyl sites for hydroxylation is 1. The van der Waals surface area contributed by atoms with E-state index in [2.05, 4.69) is 10.5 Å². The first-order valence-electron chi connectivity index (χ1n) is 9.27. The molecule has 0 atom stereocenters. The number of amides is 2. The van der Waals surface area contributed by atoms with Crippen molar-refractivity contribution in [2.24, 2.45) is 5.73 Å². The number of nitrogens with one attached hydrogen (secondary N) is 1. The molecule has 1 heterocycles. The standard InChI is InChI=1S/C11H10N2O2.C11H15NO2/c12-11(14)10-7-9(15-13-10)6-8-4-2-1-3-5-8;1-3-7-14-11-9(2)5-4-6-10(11)12-8-13/h1-5,7H,6H2,(H2,12,14);4-6,8H,3,7H2,1-2H3,(H,12,13). The zero-order valence-electron chi connectivity index (χ0n) is 16.6. The molecule has 152 valence electrons. The van der Waals surface area contributed by atoms with Crippen LogP contribution in [0.15, 0.2) is 59.1 Å². The molecule has 0 aliphatic heterocycles. The molecule has 0 aliphatic carbocycles. The average Bonchev–Trinajstić information content (AvgIpc) is 3.18. The monoisotopic (exact) mass is 395 g/mol. The molecule has 2 aromatic carbocycles. The first-order chi connectivity index (χ1) is 14.0. The maximum Gasteiger partial charge on any atom is 0.270 e. The van der Waals surface area contributed by atoms with Crippen LogP contribution >= 0.6 is 0 Å². The summed E-state index contributed by atoms with van der Waals surface area (Å²) in [4.78, 5) is 21.1. The molecule has 0 spiro atoms. The number of nitrogens with zero attached hydrogens (tertiary/aromatic N) is 1. The summed E-state index contributed by atoms with van der Waals surface area (Å²) in [7, 11) is 0. The van der Waals surface area contributed by atoms with Crippen LogP contribution in [0.25, 0.3) is 0 Å². The van der Waals surface area contributed by atoms with E-state index in [0.717, 1.165) is 29.0 Å². The molecule has 0 fully saturated rings. The van der Waals surface area contributed by atoms with Crippen molar-refractivity contribution in [2.45, 2.75) is 26.7 Å². The van der Waals surface area contributed by atoms with Crippen LogP contribution in [-0.4, -0.2) is 24.1 Å². The number of hydrogen-bond donors (Lipinski definition) is 2. The van der Waals surface area contributed by atoms with Crippen LogP contribution in [0.1, 0.15) is 40.7 Å². The van der Waals surface area contributed by atoms with Crippen LogP contribution in [0, 0.1) is 6.92 Å². The van der Waals surface area contributed by atoms with Crippen LogP contribution in [0.3, 0.4) is 0 Å². The Bertz CT molecular complexity index is 923. The topological polar surface area (TPSA) is 107 Å². The summed E-state index contributed by atoms with van der Waals surface area (Å²) in [5.74, 6) is 0.828. The zero-order chi connectivity index (χ0) is 21.1. The lowest BCUT2D eigenvalue weighted by Crippen LogP contribution is -2.10. The number of para-hydroxylation sites is 1. The largest absolute Gasteiger partial charge is 0.491 e. The van der Waals surface area contributed by atoms with Gasteiger partial charge in [-0.15, -0.1) is 0 Å². The predicted octanol–water partition coefficient (Wildman–Crippen LogP) is 3.72. The van der Waals surface area contributed by atoms with Crippen molar-refractivity contribution in [3.8, 4) is 5.75 Å². The first kappa shape index (κ1) is 21.7. The Labute approximate surface area is 169 Å². The van der Waals surface area contributed by atoms with Crippen molar-refractivity contribution < 1.29 is 18.8 Å². The molecule has 29 heavy (non-hydrogen) atoms. The third kappa shape index (κ3) is 6.80. The minimum Gasteiger partial charge on any atom is -0.491 e. The fraction of sp³-hybridized carbons (Fsp3) is 0.227. The molecule has 3 aromatic rings. The van der Waals surface area contributed by atoms with E-state index in [9.17, 15) is 9.59 Å². The van der Waals surface area contributed by atoms with Crippen LogP contribution in [0.4, 0.5) is 5.69 Å². The van der Waals surface area contributed by atoms with E-state index in [1.807, 2.05) is 62.4 Å². The minimum atomic E-state index is -0.571. The van der Waals surface area contributed by atoms with E-state index >= 15 is 0 Å². The summed E-state index contributed by atoms with van der Waals surface area (Å²) < 4.78 is 10.5. The molecule has 3 rings (SSSR count). The van der Waals surface area contributed by atoms with Gasteiger partial charge in [0.25, 0.3) is 5.91 Å². The van der Waals surface area contributed by atoms with Crippen molar-refractivity contribution in [1.82, 2.24) is 5.16 Å². The van der Waals surface area contributed by atoms with Gasteiger partial charge in [-0.3, -0.25) is 9.59 Å². The Morgan fingerprint density at radius 1 is 1.21 bits per heavy atom. The Hall–Kier alpha value is -3.61. The Kier molecular flexibility index (Phi) is 8.44. The van der Waals surface area contributed by atoms with Crippen LogP contribution in [0.5, 0.6) is 5.75 Å². The van der Waals surface area contributed by atoms with Crippen molar-refractivity contribution in [3.63, 3.8) is 0 Å². The lowest BCUT2D eigenvalue weighted by molar-refractivity contribution is -0.105. The van der Waals surface area contributed by atoms with Gasteiger partial charge in [0.05, 0.1) is 12.3 Å². The third-order valence-corrected chi connectivity index (χ3v) is 3.91. The lowest BCUT2D eigenvalue weighted by atomic mass is 10.1. The Balaban J connectivity index is 0.000000208. The number of carbonyl (C=O) groups is 2. The van der Waals surface area contributed by atoms with E-state index in [1.54, 1.807) is 6.07 Å². The smallest absolute Gasteiger partial charge is 0.270 e. The van der Waals surface area contributed by atoms with E-state index in [-0.39, 0.29) is 5.69 Å². The summed E-state index contributed by atoms with van der Waals surface area (Å²) in [5, 5.41) is 6.18. The van der Waals surface area contributed by atoms with Gasteiger partial charge in [-0.05, 0) is 30.5 Å². The van der Waals surface area contributed by atoms with Crippen LogP contribution < -0.4 is 15.8 Å². The molecule has 0 radical (unpaired) electrons. The number of nitrogens with two attached hydrogens (primary N) is 1. The second-order valence-corrected chi connectivity index (χ2v) is 6.27. The summed E-state index contributed by atoms with van der Waals surface area (Å²) in [5.41, 5.74) is 8.09. The maximum absolute atomic E-state index is 10.8. The predicted molar refractivity (Wildman–Crippen MR) is 111 cm³/mol. The number of ether oxygens (including phenoxy) is 1. The second-order valence-electron chi connectivity index (χ2n) is 6.27. The quantitative estimate of drug-likeness (QED) is 0.565. The molecular weight excluding hydrogens is 370 g/mol. The van der Waals surface area contributed by atoms with E-state index in [4.69, 9.17) is 15.0 Å². The molecule has 0 aliphatic rings. The van der Waals surface area contributed by atoms with Gasteiger partial charge >= 0.3 is 0 Å². The Morgan fingerprint density at radius 2 is 1.97 bits per heavy atom. The van der Waals surface area contributed by atoms with Crippen LogP contribution in [0.2, 0.25) is 0 Å². The first-order valence-corrected chi connectivity index (χ1v) is 9.27. The van der Waals surface area contributed by atoms with Crippen molar-refractivity contribution in [3.05, 3.63) is 77.2 Å². The molecule has 1 aromatic heterocycles. The zero-order valence-corrected chi connectivity index (χ0v) is 16.6. The summed E-state index contributed by atoms with van der Waals surface area (Å²) >= 11 is 0. The van der Waals surface area contributed by atoms with E-state index in [0.29, 0.717) is 25.2 Å². The summed E-state index contributed by atoms with van der Waals surface area (Å²) in [6, 6.07) is 17.0. The highest BCUT2D eigenvalue weighted by Crippen LogP contribution is 2.27. The normalized spacial score (nSPS) is 9.86. The molecule has 3 N–H and O–H groups in total. The summed E-state index contributed by atoms with van der Waals surface area (Å²) in [6.45, 7) is 4.67. The number of primary amides is 1. The number of anilines is 1. The minimum absolute atomic E-state index is 0.168. The lowest BCUT2D eigenvalue weighted by Gasteiger charge is -2.12. The molecule has 0 unspecified atom stereocenters. The van der Waals surface area contributed by atoms with Gasteiger partial charge in [0.1, 0.15) is 11.5 Å². The number of rotatable bonds is 8. The molecule has 2 amide bonds. The molecule has 7 heteroatoms. The molecule has 0 bridgehead atoms. The van der Waals surface area contributed by atoms with Gasteiger partial charge in [-0.25, -0.2) is 0 Å². The molecule has 0 saturated heterocycles. The van der Waals surface area contributed by atoms with Gasteiger partial charge < -0.3 is 20.3 Å². The van der Waals surface area contributed by atoms with Gasteiger partial charge in [-0.1, -0.05) is 54.5 Å². The van der Waals surface area contributed by atoms with Crippen molar-refractivity contribution >= 4 is 18.0 Å². The number of aromatic nitrogens is 1. The average molecular weight is 395 g/mol. The Morgan fingerprint density at radius 3 is 2.59 bits per heavy atom.